The van der Waals surface area contributed by atoms with Crippen LogP contribution in [0.5, 0.6) is 23.0 Å². The molecule has 0 amide bonds. The average Bonchev–Trinajstić information content (AvgIpc) is 4.10. The smallest absolute Gasteiger partial charge is 0.197 e. The first-order valence-corrected chi connectivity index (χ1v) is 18.6. The van der Waals surface area contributed by atoms with Gasteiger partial charge in [0.05, 0.1) is 39.6 Å². The Morgan fingerprint density at radius 1 is 0.491 bits per heavy atom. The summed E-state index contributed by atoms with van der Waals surface area (Å²) in [5.41, 5.74) is 4.44. The van der Waals surface area contributed by atoms with Crippen molar-refractivity contribution in [3.8, 4) is 23.0 Å². The predicted octanol–water partition coefficient (Wildman–Crippen LogP) is 8.09. The minimum Gasteiger partial charge on any atom is -0.491 e. The van der Waals surface area contributed by atoms with E-state index in [1.54, 1.807) is 0 Å². The lowest BCUT2D eigenvalue weighted by molar-refractivity contribution is -0.102. The average molecular weight is 727 g/mol. The van der Waals surface area contributed by atoms with Crippen molar-refractivity contribution < 1.29 is 42.6 Å². The Labute approximate surface area is 314 Å². The van der Waals surface area contributed by atoms with Gasteiger partial charge in [0.2, 0.25) is 0 Å². The summed E-state index contributed by atoms with van der Waals surface area (Å²) < 4.78 is 51.3. The Morgan fingerprint density at radius 2 is 0.792 bits per heavy atom. The number of ether oxygens (including phenoxy) is 9. The highest BCUT2D eigenvalue weighted by Gasteiger charge is 2.26. The largest absolute Gasteiger partial charge is 0.491 e. The van der Waals surface area contributed by atoms with Crippen molar-refractivity contribution in [1.82, 2.24) is 0 Å². The van der Waals surface area contributed by atoms with Crippen LogP contribution in [0.15, 0.2) is 97.1 Å². The van der Waals surface area contributed by atoms with Gasteiger partial charge in [0.15, 0.2) is 12.6 Å². The molecule has 2 fully saturated rings. The van der Waals surface area contributed by atoms with Gasteiger partial charge in [-0.05, 0) is 84.6 Å². The van der Waals surface area contributed by atoms with Gasteiger partial charge in [0.1, 0.15) is 48.4 Å². The molecule has 0 bridgehead atoms. The van der Waals surface area contributed by atoms with Crippen LogP contribution in [0.3, 0.4) is 0 Å². The van der Waals surface area contributed by atoms with E-state index in [0.717, 1.165) is 36.2 Å². The zero-order valence-corrected chi connectivity index (χ0v) is 31.9. The third-order valence-corrected chi connectivity index (χ3v) is 9.75. The van der Waals surface area contributed by atoms with Crippen molar-refractivity contribution in [2.24, 2.45) is 0 Å². The quantitative estimate of drug-likeness (QED) is 0.0453. The summed E-state index contributed by atoms with van der Waals surface area (Å²) in [6.45, 7) is 17.1. The Kier molecular flexibility index (Phi) is 13.0. The molecule has 4 aromatic rings. The molecule has 2 heterocycles. The van der Waals surface area contributed by atoms with Crippen LogP contribution >= 0.6 is 0 Å². The Morgan fingerprint density at radius 3 is 1.09 bits per heavy atom. The third-order valence-electron chi connectivity index (χ3n) is 9.75. The second-order valence-electron chi connectivity index (χ2n) is 14.6. The Bertz CT molecular complexity index is 1550. The minimum atomic E-state index is -0.416. The third kappa shape index (κ3) is 11.4. The van der Waals surface area contributed by atoms with Crippen molar-refractivity contribution in [2.75, 3.05) is 52.9 Å². The summed E-state index contributed by atoms with van der Waals surface area (Å²) in [6.07, 6.45) is -0.343. The Hall–Kier alpha value is -4.12. The van der Waals surface area contributed by atoms with E-state index in [1.165, 1.54) is 22.3 Å². The molecular formula is C44H54O9. The lowest BCUT2D eigenvalue weighted by Crippen LogP contribution is -2.22. The second-order valence-corrected chi connectivity index (χ2v) is 14.6. The first kappa shape index (κ1) is 38.6. The molecule has 9 heteroatoms. The predicted molar refractivity (Wildman–Crippen MR) is 203 cm³/mol. The van der Waals surface area contributed by atoms with Gasteiger partial charge in [-0.2, -0.15) is 0 Å². The van der Waals surface area contributed by atoms with Gasteiger partial charge in [-0.1, -0.05) is 76.2 Å². The summed E-state index contributed by atoms with van der Waals surface area (Å²) in [5, 5.41) is 0. The number of benzene rings is 4. The van der Waals surface area contributed by atoms with E-state index in [9.17, 15) is 0 Å². The molecule has 0 aliphatic carbocycles. The minimum absolute atomic E-state index is 0.177. The van der Waals surface area contributed by atoms with Crippen LogP contribution in [0.2, 0.25) is 0 Å². The fourth-order valence-corrected chi connectivity index (χ4v) is 5.98. The van der Waals surface area contributed by atoms with E-state index >= 15 is 0 Å². The molecule has 4 atom stereocenters. The molecule has 2 saturated heterocycles. The maximum atomic E-state index is 5.99. The van der Waals surface area contributed by atoms with Crippen LogP contribution in [0.4, 0.5) is 0 Å². The normalized spacial score (nSPS) is 17.8. The molecule has 4 aromatic carbocycles. The molecule has 284 valence electrons. The molecule has 0 saturated carbocycles. The van der Waals surface area contributed by atoms with Crippen LogP contribution in [0.25, 0.3) is 0 Å². The fourth-order valence-electron chi connectivity index (χ4n) is 5.98. The van der Waals surface area contributed by atoms with Crippen molar-refractivity contribution >= 4 is 0 Å². The molecule has 0 aromatic heterocycles. The SMILES string of the molecule is CC(OCCOCCOC(C)Oc1ccc(C(C)(C)c2ccc(OCC3CO3)cc2)cc1)Oc1ccc(C(C)(C)c2ccc(OCC3CO3)cc2)cc1. The molecule has 2 aliphatic heterocycles. The zero-order valence-electron chi connectivity index (χ0n) is 31.9. The summed E-state index contributed by atoms with van der Waals surface area (Å²) in [6, 6.07) is 32.9. The monoisotopic (exact) mass is 726 g/mol. The summed E-state index contributed by atoms with van der Waals surface area (Å²) in [4.78, 5) is 0. The maximum Gasteiger partial charge on any atom is 0.197 e. The summed E-state index contributed by atoms with van der Waals surface area (Å²) >= 11 is 0. The van der Waals surface area contributed by atoms with Gasteiger partial charge in [0.25, 0.3) is 0 Å². The Balaban J connectivity index is 0.832. The van der Waals surface area contributed by atoms with Crippen LogP contribution < -0.4 is 18.9 Å². The highest BCUT2D eigenvalue weighted by atomic mass is 16.7. The van der Waals surface area contributed by atoms with Crippen molar-refractivity contribution in [1.29, 1.82) is 0 Å². The molecule has 0 spiro atoms. The van der Waals surface area contributed by atoms with Gasteiger partial charge >= 0.3 is 0 Å². The maximum absolute atomic E-state index is 5.99. The number of epoxide rings is 2. The molecular weight excluding hydrogens is 672 g/mol. The number of hydrogen-bond donors (Lipinski definition) is 0. The van der Waals surface area contributed by atoms with Crippen LogP contribution in [-0.2, 0) is 34.5 Å². The molecule has 53 heavy (non-hydrogen) atoms. The van der Waals surface area contributed by atoms with Gasteiger partial charge in [0, 0.05) is 10.8 Å². The van der Waals surface area contributed by atoms with E-state index in [1.807, 2.05) is 62.4 Å². The molecule has 0 N–H and O–H groups in total. The van der Waals surface area contributed by atoms with Crippen LogP contribution in [0.1, 0.15) is 63.8 Å². The molecule has 2 aliphatic rings. The van der Waals surface area contributed by atoms with E-state index in [-0.39, 0.29) is 23.0 Å². The standard InChI is InChI=1S/C44H54O9/c1-31(52-39-19-11-35(12-20-39)43(3,4)33-7-15-37(16-8-33)48-27-41-29-50-41)46-25-23-45-24-26-47-32(2)53-40-21-13-36(14-22-40)44(5,6)34-9-17-38(18-10-34)49-28-42-30-51-42/h7-22,31-32,41-42H,23-30H2,1-6H3. The van der Waals surface area contributed by atoms with Crippen LogP contribution in [0, 0.1) is 0 Å². The number of rotatable bonds is 22. The van der Waals surface area contributed by atoms with Gasteiger partial charge in [-0.15, -0.1) is 0 Å². The molecule has 6 rings (SSSR count). The first-order valence-electron chi connectivity index (χ1n) is 18.6. The molecule has 0 radical (unpaired) electrons. The topological polar surface area (TPSA) is 89.7 Å². The fraction of sp³-hybridized carbons (Fsp3) is 0.455. The lowest BCUT2D eigenvalue weighted by Gasteiger charge is -2.27. The van der Waals surface area contributed by atoms with Crippen molar-refractivity contribution in [3.05, 3.63) is 119 Å². The molecule has 9 nitrogen and oxygen atoms in total. The highest BCUT2D eigenvalue weighted by molar-refractivity contribution is 5.43. The van der Waals surface area contributed by atoms with Gasteiger partial charge in [-0.25, -0.2) is 0 Å². The van der Waals surface area contributed by atoms with E-state index < -0.39 is 12.6 Å². The second kappa shape index (κ2) is 17.8. The summed E-state index contributed by atoms with van der Waals surface area (Å²) in [5.74, 6) is 3.22. The highest BCUT2D eigenvalue weighted by Crippen LogP contribution is 2.35. The van der Waals surface area contributed by atoms with Gasteiger partial charge in [-0.3, -0.25) is 0 Å². The van der Waals surface area contributed by atoms with E-state index in [4.69, 9.17) is 42.6 Å². The lowest BCUT2D eigenvalue weighted by atomic mass is 9.78. The van der Waals surface area contributed by atoms with Gasteiger partial charge < -0.3 is 42.6 Å². The first-order chi connectivity index (χ1) is 25.6. The van der Waals surface area contributed by atoms with E-state index in [2.05, 4.69) is 76.2 Å². The number of hydrogen-bond acceptors (Lipinski definition) is 9. The van der Waals surface area contributed by atoms with Crippen LogP contribution in [-0.4, -0.2) is 77.6 Å². The zero-order chi connectivity index (χ0) is 37.3. The van der Waals surface area contributed by atoms with E-state index in [0.29, 0.717) is 39.6 Å². The van der Waals surface area contributed by atoms with Crippen molar-refractivity contribution in [3.63, 3.8) is 0 Å². The molecule has 4 unspecified atom stereocenters. The summed E-state index contributed by atoms with van der Waals surface area (Å²) in [7, 11) is 0. The van der Waals surface area contributed by atoms with Crippen molar-refractivity contribution in [2.45, 2.75) is 77.2 Å².